The van der Waals surface area contributed by atoms with Crippen LogP contribution in [0.15, 0.2) is 24.3 Å². The number of hydrogen-bond donors (Lipinski definition) is 0. The van der Waals surface area contributed by atoms with E-state index in [9.17, 15) is 0 Å². The predicted octanol–water partition coefficient (Wildman–Crippen LogP) is 3.02. The Labute approximate surface area is 95.9 Å². The van der Waals surface area contributed by atoms with Crippen molar-refractivity contribution in [1.29, 1.82) is 5.26 Å². The van der Waals surface area contributed by atoms with E-state index in [1.807, 2.05) is 38.1 Å². The number of benzene rings is 1. The minimum atomic E-state index is 0.0607. The zero-order valence-electron chi connectivity index (χ0n) is 9.73. The van der Waals surface area contributed by atoms with E-state index in [2.05, 4.69) is 0 Å². The average molecular weight is 217 g/mol. The van der Waals surface area contributed by atoms with Gasteiger partial charge in [0.15, 0.2) is 11.5 Å². The van der Waals surface area contributed by atoms with E-state index in [0.29, 0.717) is 11.5 Å². The summed E-state index contributed by atoms with van der Waals surface area (Å²) < 4.78 is 10.9. The monoisotopic (exact) mass is 217 g/mol. The van der Waals surface area contributed by atoms with Crippen LogP contribution in [-0.4, -0.2) is 13.2 Å². The van der Waals surface area contributed by atoms with Crippen molar-refractivity contribution in [1.82, 2.24) is 0 Å². The van der Waals surface area contributed by atoms with Crippen molar-refractivity contribution in [2.75, 3.05) is 7.11 Å². The van der Waals surface area contributed by atoms with Gasteiger partial charge in [0.1, 0.15) is 0 Å². The molecular formula is C13H15NO2. The van der Waals surface area contributed by atoms with E-state index >= 15 is 0 Å². The Kier molecular flexibility index (Phi) is 4.41. The first-order valence-electron chi connectivity index (χ1n) is 5.09. The third-order valence-corrected chi connectivity index (χ3v) is 1.92. The van der Waals surface area contributed by atoms with Crippen LogP contribution in [0, 0.1) is 11.3 Å². The highest BCUT2D eigenvalue weighted by atomic mass is 16.5. The molecule has 0 fully saturated rings. The summed E-state index contributed by atoms with van der Waals surface area (Å²) in [5.41, 5.74) is 0.842. The van der Waals surface area contributed by atoms with Gasteiger partial charge in [-0.25, -0.2) is 0 Å². The van der Waals surface area contributed by atoms with E-state index in [0.717, 1.165) is 5.56 Å². The highest BCUT2D eigenvalue weighted by Gasteiger charge is 2.09. The zero-order chi connectivity index (χ0) is 12.0. The minimum Gasteiger partial charge on any atom is -0.493 e. The molecule has 0 heterocycles. The molecule has 0 aliphatic heterocycles. The summed E-state index contributed by atoms with van der Waals surface area (Å²) in [5, 5.41) is 8.52. The van der Waals surface area contributed by atoms with Crippen molar-refractivity contribution in [2.24, 2.45) is 0 Å². The van der Waals surface area contributed by atoms with Gasteiger partial charge in [0.05, 0.1) is 19.3 Å². The third kappa shape index (κ3) is 3.03. The SMILES string of the molecule is COc1cccc(C=CC#N)c1OC(C)C. The van der Waals surface area contributed by atoms with Gasteiger partial charge in [-0.3, -0.25) is 0 Å². The van der Waals surface area contributed by atoms with Crippen LogP contribution in [0.1, 0.15) is 19.4 Å². The van der Waals surface area contributed by atoms with Crippen LogP contribution >= 0.6 is 0 Å². The molecule has 0 aromatic heterocycles. The topological polar surface area (TPSA) is 42.2 Å². The lowest BCUT2D eigenvalue weighted by atomic mass is 10.1. The van der Waals surface area contributed by atoms with Crippen molar-refractivity contribution < 1.29 is 9.47 Å². The van der Waals surface area contributed by atoms with Gasteiger partial charge in [-0.05, 0) is 26.0 Å². The second kappa shape index (κ2) is 5.82. The molecule has 0 radical (unpaired) electrons. The summed E-state index contributed by atoms with van der Waals surface area (Å²) in [6.45, 7) is 3.90. The van der Waals surface area contributed by atoms with E-state index in [4.69, 9.17) is 14.7 Å². The number of nitrogens with zero attached hydrogens (tertiary/aromatic N) is 1. The maximum atomic E-state index is 8.52. The second-order valence-corrected chi connectivity index (χ2v) is 3.51. The smallest absolute Gasteiger partial charge is 0.168 e. The summed E-state index contributed by atoms with van der Waals surface area (Å²) >= 11 is 0. The fourth-order valence-corrected chi connectivity index (χ4v) is 1.31. The molecule has 0 saturated heterocycles. The zero-order valence-corrected chi connectivity index (χ0v) is 9.73. The Morgan fingerprint density at radius 1 is 1.38 bits per heavy atom. The normalized spacial score (nSPS) is 10.4. The molecule has 0 atom stereocenters. The van der Waals surface area contributed by atoms with Crippen LogP contribution < -0.4 is 9.47 Å². The lowest BCUT2D eigenvalue weighted by Crippen LogP contribution is -2.07. The summed E-state index contributed by atoms with van der Waals surface area (Å²) in [6.07, 6.45) is 3.19. The first-order chi connectivity index (χ1) is 7.69. The van der Waals surface area contributed by atoms with E-state index in [1.165, 1.54) is 6.08 Å². The lowest BCUT2D eigenvalue weighted by molar-refractivity contribution is 0.229. The van der Waals surface area contributed by atoms with Gasteiger partial charge in [0.25, 0.3) is 0 Å². The number of nitriles is 1. The second-order valence-electron chi connectivity index (χ2n) is 3.51. The molecule has 1 aromatic rings. The third-order valence-electron chi connectivity index (χ3n) is 1.92. The molecule has 84 valence electrons. The molecule has 3 nitrogen and oxygen atoms in total. The Balaban J connectivity index is 3.15. The Bertz CT molecular complexity index is 416. The van der Waals surface area contributed by atoms with Gasteiger partial charge < -0.3 is 9.47 Å². The van der Waals surface area contributed by atoms with E-state index in [-0.39, 0.29) is 6.10 Å². The molecule has 0 spiro atoms. The van der Waals surface area contributed by atoms with Gasteiger partial charge in [-0.1, -0.05) is 12.1 Å². The molecule has 0 unspecified atom stereocenters. The van der Waals surface area contributed by atoms with Gasteiger partial charge in [0, 0.05) is 11.6 Å². The molecular weight excluding hydrogens is 202 g/mol. The van der Waals surface area contributed by atoms with Crippen LogP contribution in [0.4, 0.5) is 0 Å². The fourth-order valence-electron chi connectivity index (χ4n) is 1.31. The van der Waals surface area contributed by atoms with Gasteiger partial charge in [0.2, 0.25) is 0 Å². The first kappa shape index (κ1) is 12.1. The quantitative estimate of drug-likeness (QED) is 0.728. The summed E-state index contributed by atoms with van der Waals surface area (Å²) in [4.78, 5) is 0. The van der Waals surface area contributed by atoms with Crippen molar-refractivity contribution in [3.8, 4) is 17.6 Å². The number of rotatable bonds is 4. The molecule has 0 aliphatic rings. The maximum absolute atomic E-state index is 8.52. The number of hydrogen-bond acceptors (Lipinski definition) is 3. The first-order valence-corrected chi connectivity index (χ1v) is 5.09. The van der Waals surface area contributed by atoms with Crippen LogP contribution in [-0.2, 0) is 0 Å². The lowest BCUT2D eigenvalue weighted by Gasteiger charge is -2.15. The van der Waals surface area contributed by atoms with Gasteiger partial charge in [-0.2, -0.15) is 5.26 Å². The van der Waals surface area contributed by atoms with Crippen LogP contribution in [0.3, 0.4) is 0 Å². The number of methoxy groups -OCH3 is 1. The minimum absolute atomic E-state index is 0.0607. The standard InChI is InChI=1S/C13H15NO2/c1-10(2)16-13-11(7-5-9-14)6-4-8-12(13)15-3/h4-8,10H,1-3H3. The van der Waals surface area contributed by atoms with Crippen molar-refractivity contribution >= 4 is 6.08 Å². The number of para-hydroxylation sites is 1. The summed E-state index contributed by atoms with van der Waals surface area (Å²) in [5.74, 6) is 1.35. The maximum Gasteiger partial charge on any atom is 0.168 e. The molecule has 0 aliphatic carbocycles. The van der Waals surface area contributed by atoms with Crippen LogP contribution in [0.5, 0.6) is 11.5 Å². The molecule has 3 heteroatoms. The highest BCUT2D eigenvalue weighted by molar-refractivity contribution is 5.63. The molecule has 0 amide bonds. The number of allylic oxidation sites excluding steroid dienone is 1. The van der Waals surface area contributed by atoms with Crippen LogP contribution in [0.25, 0.3) is 6.08 Å². The van der Waals surface area contributed by atoms with Gasteiger partial charge in [-0.15, -0.1) is 0 Å². The molecule has 0 saturated carbocycles. The predicted molar refractivity (Wildman–Crippen MR) is 63.4 cm³/mol. The summed E-state index contributed by atoms with van der Waals surface area (Å²) in [6, 6.07) is 7.54. The van der Waals surface area contributed by atoms with Crippen molar-refractivity contribution in [2.45, 2.75) is 20.0 Å². The molecule has 16 heavy (non-hydrogen) atoms. The molecule has 0 N–H and O–H groups in total. The van der Waals surface area contributed by atoms with Crippen LogP contribution in [0.2, 0.25) is 0 Å². The van der Waals surface area contributed by atoms with E-state index < -0.39 is 0 Å². The summed E-state index contributed by atoms with van der Waals surface area (Å²) in [7, 11) is 1.60. The molecule has 1 rings (SSSR count). The largest absolute Gasteiger partial charge is 0.493 e. The Morgan fingerprint density at radius 3 is 2.69 bits per heavy atom. The Hall–Kier alpha value is -1.95. The number of ether oxygens (including phenoxy) is 2. The average Bonchev–Trinajstić information content (AvgIpc) is 2.27. The molecule has 0 bridgehead atoms. The van der Waals surface area contributed by atoms with Gasteiger partial charge >= 0.3 is 0 Å². The fraction of sp³-hybridized carbons (Fsp3) is 0.308. The highest BCUT2D eigenvalue weighted by Crippen LogP contribution is 2.32. The van der Waals surface area contributed by atoms with Crippen molar-refractivity contribution in [3.05, 3.63) is 29.8 Å². The van der Waals surface area contributed by atoms with E-state index in [1.54, 1.807) is 13.2 Å². The molecule has 1 aromatic carbocycles. The van der Waals surface area contributed by atoms with Crippen molar-refractivity contribution in [3.63, 3.8) is 0 Å². The Morgan fingerprint density at radius 2 is 2.12 bits per heavy atom.